The maximum absolute atomic E-state index is 13.8. The number of halogens is 1. The van der Waals surface area contributed by atoms with Gasteiger partial charge in [0.25, 0.3) is 0 Å². The number of carbonyl (C=O) groups is 1. The third-order valence-electron chi connectivity index (χ3n) is 4.17. The fourth-order valence-electron chi connectivity index (χ4n) is 2.60. The Morgan fingerprint density at radius 2 is 1.96 bits per heavy atom. The Balaban J connectivity index is 1.65. The van der Waals surface area contributed by atoms with E-state index in [1.54, 1.807) is 37.5 Å². The highest BCUT2D eigenvalue weighted by Crippen LogP contribution is 2.17. The summed E-state index contributed by atoms with van der Waals surface area (Å²) in [5.41, 5.74) is 1.05. The van der Waals surface area contributed by atoms with Crippen molar-refractivity contribution in [2.75, 3.05) is 24.6 Å². The highest BCUT2D eigenvalue weighted by atomic mass is 32.2. The standard InChI is InChI=1S/C16H19FN4O3S/c1-12(19-16(22)20-6-8-25(23,24)9-7-20)13-10-18-21(11-13)15-5-3-2-4-14(15)17/h2-5,10-12H,6-9H2,1H3,(H,19,22)/t12-/m0/s1. The van der Waals surface area contributed by atoms with Crippen LogP contribution in [0.15, 0.2) is 36.7 Å². The Hall–Kier alpha value is -2.42. The average molecular weight is 366 g/mol. The van der Waals surface area contributed by atoms with Gasteiger partial charge in [-0.25, -0.2) is 22.3 Å². The number of sulfone groups is 1. The first kappa shape index (κ1) is 17.4. The van der Waals surface area contributed by atoms with Crippen molar-refractivity contribution >= 4 is 15.9 Å². The molecule has 2 heterocycles. The van der Waals surface area contributed by atoms with E-state index < -0.39 is 9.84 Å². The molecule has 25 heavy (non-hydrogen) atoms. The zero-order chi connectivity index (χ0) is 18.0. The van der Waals surface area contributed by atoms with Gasteiger partial charge in [-0.05, 0) is 19.1 Å². The molecular formula is C16H19FN4O3S. The lowest BCUT2D eigenvalue weighted by Gasteiger charge is -2.28. The van der Waals surface area contributed by atoms with Gasteiger partial charge in [0.05, 0.1) is 23.7 Å². The summed E-state index contributed by atoms with van der Waals surface area (Å²) >= 11 is 0. The van der Waals surface area contributed by atoms with E-state index in [1.807, 2.05) is 0 Å². The zero-order valence-electron chi connectivity index (χ0n) is 13.7. The monoisotopic (exact) mass is 366 g/mol. The summed E-state index contributed by atoms with van der Waals surface area (Å²) < 4.78 is 38.1. The maximum Gasteiger partial charge on any atom is 0.317 e. The second-order valence-corrected chi connectivity index (χ2v) is 8.28. The molecule has 1 aromatic heterocycles. The van der Waals surface area contributed by atoms with E-state index in [1.165, 1.54) is 15.6 Å². The van der Waals surface area contributed by atoms with Crippen LogP contribution in [0.4, 0.5) is 9.18 Å². The molecule has 2 amide bonds. The summed E-state index contributed by atoms with van der Waals surface area (Å²) in [5.74, 6) is -0.414. The second-order valence-electron chi connectivity index (χ2n) is 5.98. The van der Waals surface area contributed by atoms with Gasteiger partial charge in [0.2, 0.25) is 0 Å². The molecule has 0 spiro atoms. The van der Waals surface area contributed by atoms with E-state index in [0.717, 1.165) is 5.56 Å². The SMILES string of the molecule is C[C@H](NC(=O)N1CCS(=O)(=O)CC1)c1cnn(-c2ccccc2F)c1. The van der Waals surface area contributed by atoms with Gasteiger partial charge in [-0.15, -0.1) is 0 Å². The van der Waals surface area contributed by atoms with Crippen LogP contribution in [0.25, 0.3) is 5.69 Å². The number of rotatable bonds is 3. The molecule has 1 aliphatic heterocycles. The van der Waals surface area contributed by atoms with Crippen LogP contribution in [-0.2, 0) is 9.84 Å². The molecule has 2 aromatic rings. The number of aromatic nitrogens is 2. The van der Waals surface area contributed by atoms with Gasteiger partial charge in [0, 0.05) is 24.8 Å². The Bertz CT molecular complexity index is 867. The summed E-state index contributed by atoms with van der Waals surface area (Å²) in [4.78, 5) is 13.7. The van der Waals surface area contributed by atoms with Gasteiger partial charge in [-0.3, -0.25) is 0 Å². The number of para-hydroxylation sites is 1. The minimum Gasteiger partial charge on any atom is -0.331 e. The van der Waals surface area contributed by atoms with Crippen LogP contribution < -0.4 is 5.32 Å². The molecule has 0 bridgehead atoms. The molecule has 3 rings (SSSR count). The van der Waals surface area contributed by atoms with Crippen molar-refractivity contribution in [2.24, 2.45) is 0 Å². The van der Waals surface area contributed by atoms with E-state index in [2.05, 4.69) is 10.4 Å². The van der Waals surface area contributed by atoms with E-state index >= 15 is 0 Å². The highest BCUT2D eigenvalue weighted by Gasteiger charge is 2.26. The van der Waals surface area contributed by atoms with E-state index in [0.29, 0.717) is 5.69 Å². The zero-order valence-corrected chi connectivity index (χ0v) is 14.5. The minimum absolute atomic E-state index is 0.0139. The molecule has 1 atom stereocenters. The third-order valence-corrected chi connectivity index (χ3v) is 5.78. The normalized spacial score (nSPS) is 17.9. The Morgan fingerprint density at radius 1 is 1.28 bits per heavy atom. The molecule has 1 aromatic carbocycles. The molecule has 9 heteroatoms. The fourth-order valence-corrected chi connectivity index (χ4v) is 3.81. The molecule has 1 N–H and O–H groups in total. The smallest absolute Gasteiger partial charge is 0.317 e. The number of nitrogens with zero attached hydrogens (tertiary/aromatic N) is 3. The minimum atomic E-state index is -3.03. The molecule has 1 fully saturated rings. The van der Waals surface area contributed by atoms with Gasteiger partial charge >= 0.3 is 6.03 Å². The molecule has 1 saturated heterocycles. The Morgan fingerprint density at radius 3 is 2.64 bits per heavy atom. The molecule has 0 radical (unpaired) electrons. The lowest BCUT2D eigenvalue weighted by molar-refractivity contribution is 0.199. The van der Waals surface area contributed by atoms with Crippen LogP contribution >= 0.6 is 0 Å². The second kappa shape index (κ2) is 6.83. The van der Waals surface area contributed by atoms with Crippen LogP contribution in [-0.4, -0.2) is 53.7 Å². The number of hydrogen-bond donors (Lipinski definition) is 1. The summed E-state index contributed by atoms with van der Waals surface area (Å²) in [7, 11) is -3.03. The van der Waals surface area contributed by atoms with Gasteiger partial charge in [-0.2, -0.15) is 5.10 Å². The Labute approximate surface area is 145 Å². The van der Waals surface area contributed by atoms with Crippen molar-refractivity contribution in [3.05, 3.63) is 48.0 Å². The number of urea groups is 1. The van der Waals surface area contributed by atoms with Crippen LogP contribution in [0.3, 0.4) is 0 Å². The Kier molecular flexibility index (Phi) is 4.76. The predicted octanol–water partition coefficient (Wildman–Crippen LogP) is 1.51. The van der Waals surface area contributed by atoms with Crippen molar-refractivity contribution in [1.82, 2.24) is 20.0 Å². The van der Waals surface area contributed by atoms with Crippen molar-refractivity contribution in [3.8, 4) is 5.69 Å². The lowest BCUT2D eigenvalue weighted by Crippen LogP contribution is -2.48. The highest BCUT2D eigenvalue weighted by molar-refractivity contribution is 7.91. The molecule has 0 unspecified atom stereocenters. The first-order valence-corrected chi connectivity index (χ1v) is 9.73. The number of nitrogens with one attached hydrogen (secondary N) is 1. The summed E-state index contributed by atoms with van der Waals surface area (Å²) in [6.45, 7) is 2.17. The number of carbonyl (C=O) groups excluding carboxylic acids is 1. The van der Waals surface area contributed by atoms with Crippen molar-refractivity contribution in [2.45, 2.75) is 13.0 Å². The first-order valence-electron chi connectivity index (χ1n) is 7.91. The molecule has 134 valence electrons. The largest absolute Gasteiger partial charge is 0.331 e. The predicted molar refractivity (Wildman–Crippen MR) is 90.7 cm³/mol. The van der Waals surface area contributed by atoms with Gasteiger partial charge < -0.3 is 10.2 Å². The maximum atomic E-state index is 13.8. The lowest BCUT2D eigenvalue weighted by atomic mass is 10.2. The fraction of sp³-hybridized carbons (Fsp3) is 0.375. The molecule has 0 saturated carbocycles. The van der Waals surface area contributed by atoms with Crippen LogP contribution in [0, 0.1) is 5.82 Å². The number of amides is 2. The van der Waals surface area contributed by atoms with Gasteiger partial charge in [0.15, 0.2) is 9.84 Å². The van der Waals surface area contributed by atoms with E-state index in [4.69, 9.17) is 0 Å². The molecule has 1 aliphatic rings. The quantitative estimate of drug-likeness (QED) is 0.892. The van der Waals surface area contributed by atoms with Crippen LogP contribution in [0.1, 0.15) is 18.5 Å². The summed E-state index contributed by atoms with van der Waals surface area (Å²) in [5, 5.41) is 6.96. The van der Waals surface area contributed by atoms with Gasteiger partial charge in [-0.1, -0.05) is 12.1 Å². The first-order chi connectivity index (χ1) is 11.9. The van der Waals surface area contributed by atoms with Crippen LogP contribution in [0.2, 0.25) is 0 Å². The van der Waals surface area contributed by atoms with Crippen molar-refractivity contribution < 1.29 is 17.6 Å². The van der Waals surface area contributed by atoms with E-state index in [9.17, 15) is 17.6 Å². The van der Waals surface area contributed by atoms with Crippen molar-refractivity contribution in [1.29, 1.82) is 0 Å². The van der Waals surface area contributed by atoms with E-state index in [-0.39, 0.29) is 42.5 Å². The number of benzene rings is 1. The van der Waals surface area contributed by atoms with Crippen LogP contribution in [0.5, 0.6) is 0 Å². The van der Waals surface area contributed by atoms with Gasteiger partial charge in [0.1, 0.15) is 11.5 Å². The van der Waals surface area contributed by atoms with Crippen molar-refractivity contribution in [3.63, 3.8) is 0 Å². The molecule has 7 nitrogen and oxygen atoms in total. The molecule has 0 aliphatic carbocycles. The summed E-state index contributed by atoms with van der Waals surface area (Å²) in [6.07, 6.45) is 3.22. The molecular weight excluding hydrogens is 347 g/mol. The topological polar surface area (TPSA) is 84.3 Å². The average Bonchev–Trinajstić information content (AvgIpc) is 3.05. The summed E-state index contributed by atoms with van der Waals surface area (Å²) in [6, 6.07) is 5.63. The third kappa shape index (κ3) is 3.98. The number of hydrogen-bond acceptors (Lipinski definition) is 4.